The van der Waals surface area contributed by atoms with Crippen LogP contribution < -0.4 is 10.2 Å². The lowest BCUT2D eigenvalue weighted by atomic mass is 10.0. The molecule has 0 amide bonds. The number of rotatable bonds is 5. The molecular formula is C18H26N4. The third-order valence-electron chi connectivity index (χ3n) is 4.50. The Hall–Kier alpha value is -1.81. The van der Waals surface area contributed by atoms with Gasteiger partial charge in [0.1, 0.15) is 0 Å². The number of nitrogens with one attached hydrogen (secondary N) is 1. The summed E-state index contributed by atoms with van der Waals surface area (Å²) in [5.74, 6) is 0. The summed E-state index contributed by atoms with van der Waals surface area (Å²) in [7, 11) is 1.97. The summed E-state index contributed by atoms with van der Waals surface area (Å²) in [5, 5.41) is 7.91. The molecule has 1 fully saturated rings. The summed E-state index contributed by atoms with van der Waals surface area (Å²) in [6.07, 6.45) is 7.57. The molecule has 1 aromatic heterocycles. The van der Waals surface area contributed by atoms with Gasteiger partial charge in [-0.15, -0.1) is 0 Å². The normalized spacial score (nSPS) is 16.2. The highest BCUT2D eigenvalue weighted by atomic mass is 15.2. The van der Waals surface area contributed by atoms with Crippen molar-refractivity contribution in [1.29, 1.82) is 0 Å². The number of benzene rings is 1. The van der Waals surface area contributed by atoms with Gasteiger partial charge in [-0.2, -0.15) is 5.10 Å². The number of hydrogen-bond acceptors (Lipinski definition) is 3. The Labute approximate surface area is 133 Å². The molecule has 0 radical (unpaired) electrons. The largest absolute Gasteiger partial charge is 0.371 e. The highest BCUT2D eigenvalue weighted by Crippen LogP contribution is 2.20. The molecule has 1 saturated heterocycles. The van der Waals surface area contributed by atoms with Crippen LogP contribution in [0.1, 0.15) is 24.0 Å². The second-order valence-corrected chi connectivity index (χ2v) is 6.32. The van der Waals surface area contributed by atoms with E-state index in [-0.39, 0.29) is 0 Å². The van der Waals surface area contributed by atoms with Gasteiger partial charge in [0.25, 0.3) is 0 Å². The first-order valence-corrected chi connectivity index (χ1v) is 8.23. The standard InChI is InChI=1S/C18H26N4/c1-15-3-5-18(6-4-15)22-11-8-17(9-12-22)19-10-7-16-13-20-21(2)14-16/h3-6,13-14,17,19H,7-12H2,1-2H3. The van der Waals surface area contributed by atoms with Gasteiger partial charge in [-0.1, -0.05) is 17.7 Å². The molecule has 0 spiro atoms. The van der Waals surface area contributed by atoms with Crippen molar-refractivity contribution in [2.24, 2.45) is 7.05 Å². The minimum atomic E-state index is 0.651. The Morgan fingerprint density at radius 1 is 1.18 bits per heavy atom. The van der Waals surface area contributed by atoms with E-state index in [2.05, 4.69) is 52.7 Å². The summed E-state index contributed by atoms with van der Waals surface area (Å²) in [6.45, 7) is 5.48. The van der Waals surface area contributed by atoms with Gasteiger partial charge in [0.15, 0.2) is 0 Å². The smallest absolute Gasteiger partial charge is 0.0522 e. The van der Waals surface area contributed by atoms with Crippen molar-refractivity contribution in [2.45, 2.75) is 32.2 Å². The lowest BCUT2D eigenvalue weighted by Crippen LogP contribution is -2.43. The van der Waals surface area contributed by atoms with Gasteiger partial charge in [-0.25, -0.2) is 0 Å². The van der Waals surface area contributed by atoms with Crippen molar-refractivity contribution >= 4 is 5.69 Å². The van der Waals surface area contributed by atoms with Crippen LogP contribution in [0.2, 0.25) is 0 Å². The predicted octanol–water partition coefficient (Wildman–Crippen LogP) is 2.53. The fraction of sp³-hybridized carbons (Fsp3) is 0.500. The van der Waals surface area contributed by atoms with Gasteiger partial charge in [0, 0.05) is 38.1 Å². The lowest BCUT2D eigenvalue weighted by molar-refractivity contribution is 0.417. The van der Waals surface area contributed by atoms with E-state index in [1.807, 2.05) is 17.9 Å². The maximum absolute atomic E-state index is 4.21. The van der Waals surface area contributed by atoms with Crippen LogP contribution in [-0.2, 0) is 13.5 Å². The van der Waals surface area contributed by atoms with Gasteiger partial charge in [0.2, 0.25) is 0 Å². The number of nitrogens with zero attached hydrogens (tertiary/aromatic N) is 3. The van der Waals surface area contributed by atoms with Gasteiger partial charge in [-0.05, 0) is 50.4 Å². The van der Waals surface area contributed by atoms with Crippen molar-refractivity contribution in [3.05, 3.63) is 47.8 Å². The van der Waals surface area contributed by atoms with E-state index in [1.54, 1.807) is 0 Å². The van der Waals surface area contributed by atoms with Gasteiger partial charge >= 0.3 is 0 Å². The fourth-order valence-corrected chi connectivity index (χ4v) is 3.12. The third-order valence-corrected chi connectivity index (χ3v) is 4.50. The Morgan fingerprint density at radius 3 is 2.55 bits per heavy atom. The SMILES string of the molecule is Cc1ccc(N2CCC(NCCc3cnn(C)c3)CC2)cc1. The highest BCUT2D eigenvalue weighted by Gasteiger charge is 2.18. The van der Waals surface area contributed by atoms with E-state index in [9.17, 15) is 0 Å². The Morgan fingerprint density at radius 2 is 1.91 bits per heavy atom. The van der Waals surface area contributed by atoms with Crippen LogP contribution in [0.3, 0.4) is 0 Å². The number of piperidine rings is 1. The first-order valence-electron chi connectivity index (χ1n) is 8.23. The van der Waals surface area contributed by atoms with E-state index in [0.29, 0.717) is 6.04 Å². The second-order valence-electron chi connectivity index (χ2n) is 6.32. The third kappa shape index (κ3) is 3.89. The zero-order valence-corrected chi connectivity index (χ0v) is 13.6. The molecule has 2 aromatic rings. The molecule has 0 bridgehead atoms. The molecule has 1 N–H and O–H groups in total. The van der Waals surface area contributed by atoms with Crippen LogP contribution in [0.4, 0.5) is 5.69 Å². The Balaban J connectivity index is 1.41. The Kier molecular flexibility index (Phi) is 4.78. The van der Waals surface area contributed by atoms with Crippen LogP contribution in [0, 0.1) is 6.92 Å². The van der Waals surface area contributed by atoms with Crippen molar-refractivity contribution < 1.29 is 0 Å². The predicted molar refractivity (Wildman–Crippen MR) is 91.3 cm³/mol. The van der Waals surface area contributed by atoms with E-state index in [1.165, 1.54) is 29.7 Å². The molecule has 3 rings (SSSR count). The quantitative estimate of drug-likeness (QED) is 0.921. The van der Waals surface area contributed by atoms with Crippen molar-refractivity contribution in [3.8, 4) is 0 Å². The maximum Gasteiger partial charge on any atom is 0.0522 e. The summed E-state index contributed by atoms with van der Waals surface area (Å²) in [4.78, 5) is 2.50. The highest BCUT2D eigenvalue weighted by molar-refractivity contribution is 5.47. The molecule has 0 unspecified atom stereocenters. The van der Waals surface area contributed by atoms with E-state index < -0.39 is 0 Å². The average molecular weight is 298 g/mol. The molecule has 0 aliphatic carbocycles. The summed E-state index contributed by atoms with van der Waals surface area (Å²) in [5.41, 5.74) is 4.00. The summed E-state index contributed by atoms with van der Waals surface area (Å²) in [6, 6.07) is 9.54. The molecule has 1 aromatic carbocycles. The number of hydrogen-bond donors (Lipinski definition) is 1. The van der Waals surface area contributed by atoms with Crippen LogP contribution in [0.5, 0.6) is 0 Å². The second kappa shape index (κ2) is 6.97. The summed E-state index contributed by atoms with van der Waals surface area (Å²) < 4.78 is 1.87. The topological polar surface area (TPSA) is 33.1 Å². The molecule has 4 heteroatoms. The molecule has 118 valence electrons. The fourth-order valence-electron chi connectivity index (χ4n) is 3.12. The molecular weight excluding hydrogens is 272 g/mol. The average Bonchev–Trinajstić information content (AvgIpc) is 2.94. The van der Waals surface area contributed by atoms with Crippen LogP contribution in [-0.4, -0.2) is 35.5 Å². The van der Waals surface area contributed by atoms with E-state index in [0.717, 1.165) is 26.1 Å². The van der Waals surface area contributed by atoms with Crippen LogP contribution in [0.25, 0.3) is 0 Å². The molecule has 0 saturated carbocycles. The minimum Gasteiger partial charge on any atom is -0.371 e. The van der Waals surface area contributed by atoms with E-state index in [4.69, 9.17) is 0 Å². The van der Waals surface area contributed by atoms with Crippen molar-refractivity contribution in [1.82, 2.24) is 15.1 Å². The molecule has 1 aliphatic heterocycles. The van der Waals surface area contributed by atoms with Crippen LogP contribution in [0.15, 0.2) is 36.7 Å². The zero-order valence-electron chi connectivity index (χ0n) is 13.6. The van der Waals surface area contributed by atoms with Crippen molar-refractivity contribution in [3.63, 3.8) is 0 Å². The molecule has 4 nitrogen and oxygen atoms in total. The molecule has 1 aliphatic rings. The number of aromatic nitrogens is 2. The maximum atomic E-state index is 4.21. The monoisotopic (exact) mass is 298 g/mol. The van der Waals surface area contributed by atoms with Gasteiger partial charge in [0.05, 0.1) is 6.20 Å². The molecule has 22 heavy (non-hydrogen) atoms. The first-order chi connectivity index (χ1) is 10.7. The molecule has 2 heterocycles. The van der Waals surface area contributed by atoms with E-state index >= 15 is 0 Å². The first kappa shape index (κ1) is 15.1. The van der Waals surface area contributed by atoms with Crippen molar-refractivity contribution in [2.75, 3.05) is 24.5 Å². The number of aryl methyl sites for hydroxylation is 2. The van der Waals surface area contributed by atoms with Crippen LogP contribution >= 0.6 is 0 Å². The van der Waals surface area contributed by atoms with Gasteiger partial charge in [-0.3, -0.25) is 4.68 Å². The Bertz CT molecular complexity index is 579. The number of anilines is 1. The summed E-state index contributed by atoms with van der Waals surface area (Å²) >= 11 is 0. The van der Waals surface area contributed by atoms with Gasteiger partial charge < -0.3 is 10.2 Å². The zero-order chi connectivity index (χ0) is 15.4. The minimum absolute atomic E-state index is 0.651. The lowest BCUT2D eigenvalue weighted by Gasteiger charge is -2.34. The molecule has 0 atom stereocenters.